The van der Waals surface area contributed by atoms with Gasteiger partial charge in [0.15, 0.2) is 0 Å². The second kappa shape index (κ2) is 13.2. The van der Waals surface area contributed by atoms with Crippen molar-refractivity contribution in [3.05, 3.63) is 0 Å². The third-order valence-corrected chi connectivity index (χ3v) is 2.75. The van der Waals surface area contributed by atoms with E-state index in [2.05, 4.69) is 13.8 Å². The van der Waals surface area contributed by atoms with E-state index in [0.717, 1.165) is 23.2 Å². The molecule has 13 heavy (non-hydrogen) atoms. The fourth-order valence-corrected chi connectivity index (χ4v) is 1.74. The quantitative estimate of drug-likeness (QED) is 0.393. The molecule has 4 heteroatoms. The Morgan fingerprint density at radius 3 is 2.38 bits per heavy atom. The molecule has 1 radical (unpaired) electrons. The predicted molar refractivity (Wildman–Crippen MR) is 66.6 cm³/mol. The van der Waals surface area contributed by atoms with Gasteiger partial charge in [0.25, 0.3) is 0 Å². The topological polar surface area (TPSA) is 9.23 Å². The van der Waals surface area contributed by atoms with E-state index in [4.69, 9.17) is 17.0 Å². The Morgan fingerprint density at radius 1 is 1.23 bits per heavy atom. The zero-order chi connectivity index (χ0) is 9.23. The van der Waals surface area contributed by atoms with Gasteiger partial charge in [-0.05, 0) is 25.1 Å². The van der Waals surface area contributed by atoms with E-state index in [0.29, 0.717) is 0 Å². The number of hydrogen-bond acceptors (Lipinski definition) is 3. The molecule has 0 aliphatic carbocycles. The van der Waals surface area contributed by atoms with Crippen molar-refractivity contribution in [1.82, 2.24) is 0 Å². The zero-order valence-electron chi connectivity index (χ0n) is 8.97. The van der Waals surface area contributed by atoms with Gasteiger partial charge in [-0.2, -0.15) is 0 Å². The van der Waals surface area contributed by atoms with Crippen LogP contribution in [0.15, 0.2) is 0 Å². The summed E-state index contributed by atoms with van der Waals surface area (Å²) >= 11 is 6.68. The minimum absolute atomic E-state index is 0. The SMILES string of the molecule is CCCCOC(=S)SCCCC.[Na]. The molecule has 73 valence electrons. The van der Waals surface area contributed by atoms with Crippen molar-refractivity contribution in [2.45, 2.75) is 39.5 Å². The molecule has 0 unspecified atom stereocenters. The van der Waals surface area contributed by atoms with E-state index in [1.54, 1.807) is 11.8 Å². The van der Waals surface area contributed by atoms with Crippen LogP contribution in [0, 0.1) is 0 Å². The Bertz CT molecular complexity index is 108. The summed E-state index contributed by atoms with van der Waals surface area (Å²) in [5.41, 5.74) is 0. The van der Waals surface area contributed by atoms with Crippen molar-refractivity contribution in [3.63, 3.8) is 0 Å². The third-order valence-electron chi connectivity index (χ3n) is 1.44. The van der Waals surface area contributed by atoms with Crippen LogP contribution < -0.4 is 0 Å². The molecule has 0 saturated carbocycles. The second-order valence-corrected chi connectivity index (χ2v) is 4.35. The average molecular weight is 229 g/mol. The van der Waals surface area contributed by atoms with Crippen LogP contribution in [0.2, 0.25) is 0 Å². The Balaban J connectivity index is 0. The number of rotatable bonds is 6. The van der Waals surface area contributed by atoms with Crippen LogP contribution in [0.3, 0.4) is 0 Å². The van der Waals surface area contributed by atoms with E-state index < -0.39 is 0 Å². The molecule has 0 spiro atoms. The van der Waals surface area contributed by atoms with Gasteiger partial charge in [0.2, 0.25) is 4.38 Å². The van der Waals surface area contributed by atoms with Gasteiger partial charge in [0.05, 0.1) is 6.61 Å². The van der Waals surface area contributed by atoms with Crippen molar-refractivity contribution >= 4 is 57.9 Å². The molecule has 0 rings (SSSR count). The number of hydrogen-bond donors (Lipinski definition) is 0. The van der Waals surface area contributed by atoms with Gasteiger partial charge in [-0.25, -0.2) is 0 Å². The van der Waals surface area contributed by atoms with Crippen LogP contribution in [0.5, 0.6) is 0 Å². The first-order chi connectivity index (χ1) is 5.81. The van der Waals surface area contributed by atoms with Crippen LogP contribution in [0.1, 0.15) is 39.5 Å². The van der Waals surface area contributed by atoms with E-state index >= 15 is 0 Å². The molecule has 0 bridgehead atoms. The fourth-order valence-electron chi connectivity index (χ4n) is 0.641. The average Bonchev–Trinajstić information content (AvgIpc) is 2.06. The normalized spacial score (nSPS) is 9.08. The molecule has 0 N–H and O–H groups in total. The third kappa shape index (κ3) is 13.2. The van der Waals surface area contributed by atoms with Crippen molar-refractivity contribution in [3.8, 4) is 0 Å². The van der Waals surface area contributed by atoms with Gasteiger partial charge < -0.3 is 4.74 Å². The molecule has 0 aromatic carbocycles. The summed E-state index contributed by atoms with van der Waals surface area (Å²) in [6, 6.07) is 0. The summed E-state index contributed by atoms with van der Waals surface area (Å²) < 4.78 is 6.04. The molecular weight excluding hydrogens is 211 g/mol. The standard InChI is InChI=1S/C9H18OS2.Na/c1-3-5-7-10-9(11)12-8-6-4-2;/h3-8H2,1-2H3;. The van der Waals surface area contributed by atoms with Crippen molar-refractivity contribution in [2.24, 2.45) is 0 Å². The summed E-state index contributed by atoms with van der Waals surface area (Å²) in [4.78, 5) is 0. The zero-order valence-corrected chi connectivity index (χ0v) is 12.6. The summed E-state index contributed by atoms with van der Waals surface area (Å²) in [7, 11) is 0. The number of thiocarbonyl (C=S) groups is 1. The molecule has 0 aromatic rings. The molecule has 0 aliphatic heterocycles. The Kier molecular flexibility index (Phi) is 17.0. The van der Waals surface area contributed by atoms with Crippen molar-refractivity contribution in [2.75, 3.05) is 12.4 Å². The van der Waals surface area contributed by atoms with E-state index in [1.807, 2.05) is 0 Å². The maximum absolute atomic E-state index is 5.32. The minimum Gasteiger partial charge on any atom is -0.479 e. The number of thioether (sulfide) groups is 1. The van der Waals surface area contributed by atoms with Gasteiger partial charge in [0, 0.05) is 35.3 Å². The summed E-state index contributed by atoms with van der Waals surface area (Å²) in [5.74, 6) is 1.10. The molecule has 0 aliphatic rings. The van der Waals surface area contributed by atoms with Crippen molar-refractivity contribution in [1.29, 1.82) is 0 Å². The van der Waals surface area contributed by atoms with E-state index in [1.165, 1.54) is 19.3 Å². The van der Waals surface area contributed by atoms with Gasteiger partial charge >= 0.3 is 0 Å². The Morgan fingerprint density at radius 2 is 1.85 bits per heavy atom. The van der Waals surface area contributed by atoms with Crippen molar-refractivity contribution < 1.29 is 4.74 Å². The maximum Gasteiger partial charge on any atom is 0.219 e. The maximum atomic E-state index is 5.32. The van der Waals surface area contributed by atoms with Gasteiger partial charge in [-0.1, -0.05) is 38.5 Å². The first-order valence-electron chi connectivity index (χ1n) is 4.60. The van der Waals surface area contributed by atoms with Crippen LogP contribution in [0.25, 0.3) is 0 Å². The van der Waals surface area contributed by atoms with Crippen LogP contribution in [-0.4, -0.2) is 46.3 Å². The minimum atomic E-state index is 0. The molecule has 1 nitrogen and oxygen atoms in total. The molecule has 0 amide bonds. The molecule has 0 heterocycles. The molecule has 0 atom stereocenters. The van der Waals surface area contributed by atoms with Crippen LogP contribution in [-0.2, 0) is 4.74 Å². The predicted octanol–water partition coefficient (Wildman–Crippen LogP) is 3.24. The van der Waals surface area contributed by atoms with Gasteiger partial charge in [-0.15, -0.1) is 0 Å². The summed E-state index contributed by atoms with van der Waals surface area (Å²) in [6.45, 7) is 5.12. The van der Waals surface area contributed by atoms with E-state index in [-0.39, 0.29) is 29.6 Å². The smallest absolute Gasteiger partial charge is 0.219 e. The monoisotopic (exact) mass is 229 g/mol. The molecule has 0 saturated heterocycles. The first kappa shape index (κ1) is 16.7. The number of ether oxygens (including phenoxy) is 1. The molecular formula is C9H18NaOS2. The fraction of sp³-hybridized carbons (Fsp3) is 0.889. The first-order valence-corrected chi connectivity index (χ1v) is 6.00. The van der Waals surface area contributed by atoms with E-state index in [9.17, 15) is 0 Å². The molecule has 0 aromatic heterocycles. The number of unbranched alkanes of at least 4 members (excludes halogenated alkanes) is 2. The summed E-state index contributed by atoms with van der Waals surface area (Å²) in [5, 5.41) is 0. The van der Waals surface area contributed by atoms with Gasteiger partial charge in [-0.3, -0.25) is 0 Å². The van der Waals surface area contributed by atoms with Crippen LogP contribution in [0.4, 0.5) is 0 Å². The Labute approximate surface area is 114 Å². The largest absolute Gasteiger partial charge is 0.479 e. The molecule has 0 fully saturated rings. The van der Waals surface area contributed by atoms with Crippen LogP contribution >= 0.6 is 24.0 Å². The second-order valence-electron chi connectivity index (χ2n) is 2.65. The Hall–Kier alpha value is 1.24. The summed E-state index contributed by atoms with van der Waals surface area (Å²) in [6.07, 6.45) is 4.73. The van der Waals surface area contributed by atoms with Gasteiger partial charge in [0.1, 0.15) is 0 Å².